The van der Waals surface area contributed by atoms with Crippen LogP contribution >= 0.6 is 0 Å². The van der Waals surface area contributed by atoms with Crippen LogP contribution in [0.3, 0.4) is 0 Å². The van der Waals surface area contributed by atoms with E-state index in [1.807, 2.05) is 12.1 Å². The van der Waals surface area contributed by atoms with Gasteiger partial charge in [-0.1, -0.05) is 17.7 Å². The quantitative estimate of drug-likeness (QED) is 0.729. The smallest absolute Gasteiger partial charge is 0.119 e. The molecule has 1 aliphatic rings. The summed E-state index contributed by atoms with van der Waals surface area (Å²) in [5.41, 5.74) is 8.88. The Morgan fingerprint density at radius 1 is 1.07 bits per heavy atom. The van der Waals surface area contributed by atoms with Crippen molar-refractivity contribution in [2.75, 3.05) is 0 Å². The molecule has 0 bridgehead atoms. The molecule has 1 aromatic rings. The van der Waals surface area contributed by atoms with Gasteiger partial charge in [0.25, 0.3) is 0 Å². The lowest BCUT2D eigenvalue weighted by Gasteiger charge is -2.26. The van der Waals surface area contributed by atoms with Gasteiger partial charge < -0.3 is 4.74 Å². The van der Waals surface area contributed by atoms with Gasteiger partial charge in [-0.25, -0.2) is 0 Å². The van der Waals surface area contributed by atoms with Crippen LogP contribution < -0.4 is 10.5 Å². The minimum atomic E-state index is 0.142. The highest BCUT2D eigenvalue weighted by Crippen LogP contribution is 2.23. The summed E-state index contributed by atoms with van der Waals surface area (Å²) in [5, 5.41) is 0. The van der Waals surface area contributed by atoms with Crippen LogP contribution in [0.5, 0.6) is 5.75 Å². The van der Waals surface area contributed by atoms with E-state index >= 15 is 0 Å². The zero-order chi connectivity index (χ0) is 10.7. The van der Waals surface area contributed by atoms with Crippen molar-refractivity contribution in [1.29, 1.82) is 0 Å². The molecule has 2 nitrogen and oxygen atoms in total. The van der Waals surface area contributed by atoms with E-state index in [1.54, 1.807) is 0 Å². The molecule has 15 heavy (non-hydrogen) atoms. The fourth-order valence-corrected chi connectivity index (χ4v) is 1.99. The lowest BCUT2D eigenvalue weighted by Crippen LogP contribution is -2.27. The van der Waals surface area contributed by atoms with Crippen molar-refractivity contribution in [3.05, 3.63) is 29.8 Å². The van der Waals surface area contributed by atoms with Crippen LogP contribution in [0.4, 0.5) is 0 Å². The Morgan fingerprint density at radius 3 is 2.27 bits per heavy atom. The Kier molecular flexibility index (Phi) is 3.27. The van der Waals surface area contributed by atoms with Gasteiger partial charge in [-0.05, 0) is 44.7 Å². The van der Waals surface area contributed by atoms with Gasteiger partial charge in [0.1, 0.15) is 5.75 Å². The Morgan fingerprint density at radius 2 is 1.67 bits per heavy atom. The van der Waals surface area contributed by atoms with Crippen LogP contribution in [-0.4, -0.2) is 12.1 Å². The Labute approximate surface area is 91.4 Å². The highest BCUT2D eigenvalue weighted by atomic mass is 16.5. The highest BCUT2D eigenvalue weighted by molar-refractivity contribution is 5.26. The maximum Gasteiger partial charge on any atom is 0.119 e. The van der Waals surface area contributed by atoms with Gasteiger partial charge in [-0.15, -0.1) is 0 Å². The van der Waals surface area contributed by atoms with E-state index < -0.39 is 0 Å². The monoisotopic (exact) mass is 204 g/mol. The van der Waals surface area contributed by atoms with Gasteiger partial charge in [0.15, 0.2) is 0 Å². The summed E-state index contributed by atoms with van der Waals surface area (Å²) in [7, 11) is 0. The topological polar surface area (TPSA) is 33.0 Å². The molecule has 0 amide bonds. The highest BCUT2D eigenvalue weighted by Gasteiger charge is 2.19. The van der Waals surface area contributed by atoms with Gasteiger partial charge in [0.2, 0.25) is 0 Å². The van der Waals surface area contributed by atoms with Crippen LogP contribution in [0.1, 0.15) is 31.2 Å². The molecule has 0 unspecified atom stereocenters. The molecule has 1 aromatic carbocycles. The molecule has 1 radical (unpaired) electrons. The van der Waals surface area contributed by atoms with E-state index in [-0.39, 0.29) is 6.04 Å². The number of benzene rings is 1. The van der Waals surface area contributed by atoms with Crippen LogP contribution in [0, 0.1) is 6.92 Å². The largest absolute Gasteiger partial charge is 0.490 e. The first-order valence-corrected chi connectivity index (χ1v) is 5.68. The van der Waals surface area contributed by atoms with E-state index in [1.165, 1.54) is 5.56 Å². The molecular formula is C13H18NO. The van der Waals surface area contributed by atoms with E-state index in [9.17, 15) is 0 Å². The van der Waals surface area contributed by atoms with Crippen molar-refractivity contribution in [3.63, 3.8) is 0 Å². The average Bonchev–Trinajstić information content (AvgIpc) is 2.25. The molecule has 0 heterocycles. The van der Waals surface area contributed by atoms with E-state index in [4.69, 9.17) is 10.5 Å². The lowest BCUT2D eigenvalue weighted by atomic mass is 9.94. The van der Waals surface area contributed by atoms with Gasteiger partial charge in [0, 0.05) is 6.04 Å². The Bertz CT molecular complexity index is 299. The van der Waals surface area contributed by atoms with Crippen LogP contribution in [0.2, 0.25) is 0 Å². The minimum Gasteiger partial charge on any atom is -0.490 e. The molecule has 1 N–H and O–H groups in total. The third-order valence-corrected chi connectivity index (χ3v) is 3.00. The zero-order valence-electron chi connectivity index (χ0n) is 9.20. The second kappa shape index (κ2) is 4.67. The molecule has 0 saturated heterocycles. The standard InChI is InChI=1S/C13H18NO/c1-10-2-6-12(7-3-10)15-13-8-4-11(14)5-9-13/h2-3,6-7,11,13-14H,4-5,8-9H2,1H3/t11-,13+. The number of hydrogen-bond donors (Lipinski definition) is 0. The molecule has 0 aromatic heterocycles. The summed E-state index contributed by atoms with van der Waals surface area (Å²) < 4.78 is 5.88. The maximum atomic E-state index is 7.61. The first-order chi connectivity index (χ1) is 7.24. The van der Waals surface area contributed by atoms with Crippen molar-refractivity contribution in [3.8, 4) is 5.75 Å². The molecular weight excluding hydrogens is 186 g/mol. The predicted molar refractivity (Wildman–Crippen MR) is 60.9 cm³/mol. The van der Waals surface area contributed by atoms with Crippen molar-refractivity contribution >= 4 is 0 Å². The summed E-state index contributed by atoms with van der Waals surface area (Å²) in [4.78, 5) is 0. The summed E-state index contributed by atoms with van der Waals surface area (Å²) in [5.74, 6) is 0.967. The second-order valence-corrected chi connectivity index (χ2v) is 4.40. The molecule has 1 aliphatic carbocycles. The summed E-state index contributed by atoms with van der Waals surface area (Å²) in [6.45, 7) is 2.08. The zero-order valence-corrected chi connectivity index (χ0v) is 9.20. The van der Waals surface area contributed by atoms with Crippen LogP contribution in [-0.2, 0) is 0 Å². The molecule has 0 atom stereocenters. The normalized spacial score (nSPS) is 26.3. The number of rotatable bonds is 2. The fraction of sp³-hybridized carbons (Fsp3) is 0.538. The van der Waals surface area contributed by atoms with E-state index in [2.05, 4.69) is 19.1 Å². The third kappa shape index (κ3) is 2.96. The lowest BCUT2D eigenvalue weighted by molar-refractivity contribution is 0.146. The Balaban J connectivity index is 1.89. The molecule has 0 spiro atoms. The number of nitrogens with one attached hydrogen (secondary N) is 1. The van der Waals surface area contributed by atoms with Crippen LogP contribution in [0.15, 0.2) is 24.3 Å². The Hall–Kier alpha value is -1.02. The minimum absolute atomic E-state index is 0.142. The molecule has 1 saturated carbocycles. The summed E-state index contributed by atoms with van der Waals surface area (Å²) >= 11 is 0. The van der Waals surface area contributed by atoms with Crippen molar-refractivity contribution in [1.82, 2.24) is 5.73 Å². The summed E-state index contributed by atoms with van der Waals surface area (Å²) in [6.07, 6.45) is 4.35. The van der Waals surface area contributed by atoms with Crippen molar-refractivity contribution in [2.24, 2.45) is 0 Å². The summed E-state index contributed by atoms with van der Waals surface area (Å²) in [6, 6.07) is 8.35. The van der Waals surface area contributed by atoms with Gasteiger partial charge in [0.05, 0.1) is 6.10 Å². The fourth-order valence-electron chi connectivity index (χ4n) is 1.99. The predicted octanol–water partition coefficient (Wildman–Crippen LogP) is 2.97. The second-order valence-electron chi connectivity index (χ2n) is 4.40. The maximum absolute atomic E-state index is 7.61. The van der Waals surface area contributed by atoms with Crippen molar-refractivity contribution in [2.45, 2.75) is 44.8 Å². The molecule has 0 aliphatic heterocycles. The molecule has 1 fully saturated rings. The van der Waals surface area contributed by atoms with Gasteiger partial charge in [-0.3, -0.25) is 5.73 Å². The molecule has 81 valence electrons. The van der Waals surface area contributed by atoms with Gasteiger partial charge in [-0.2, -0.15) is 0 Å². The number of aryl methyl sites for hydroxylation is 1. The first-order valence-electron chi connectivity index (χ1n) is 5.68. The van der Waals surface area contributed by atoms with E-state index in [0.29, 0.717) is 6.10 Å². The average molecular weight is 204 g/mol. The van der Waals surface area contributed by atoms with E-state index in [0.717, 1.165) is 31.4 Å². The molecule has 2 heteroatoms. The molecule has 2 rings (SSSR count). The van der Waals surface area contributed by atoms with Gasteiger partial charge >= 0.3 is 0 Å². The van der Waals surface area contributed by atoms with Crippen molar-refractivity contribution < 1.29 is 4.74 Å². The van der Waals surface area contributed by atoms with Crippen LogP contribution in [0.25, 0.3) is 0 Å². The third-order valence-electron chi connectivity index (χ3n) is 3.00. The number of hydrogen-bond acceptors (Lipinski definition) is 1. The first kappa shape index (κ1) is 10.5. The number of ether oxygens (including phenoxy) is 1. The SMILES string of the molecule is Cc1ccc(O[C@H]2CC[C@@H]([NH])CC2)cc1.